The molecule has 0 aliphatic rings. The van der Waals surface area contributed by atoms with E-state index < -0.39 is 0 Å². The number of hydrogen-bond donors (Lipinski definition) is 0. The van der Waals surface area contributed by atoms with E-state index in [-0.39, 0.29) is 12.4 Å². The molecule has 0 saturated carbocycles. The van der Waals surface area contributed by atoms with Crippen molar-refractivity contribution in [1.29, 1.82) is 5.26 Å². The van der Waals surface area contributed by atoms with Gasteiger partial charge in [0.1, 0.15) is 0 Å². The molecule has 0 radical (unpaired) electrons. The largest absolute Gasteiger partial charge is 0.469 e. The molecule has 0 unspecified atom stereocenters. The third-order valence-corrected chi connectivity index (χ3v) is 2.69. The third kappa shape index (κ3) is 2.40. The standard InChI is InChI=1S/C13H15NO2/c1-4-11-10(8-14)6-5-9(2)12(11)7-13(15)16-3/h5-6H,4,7H2,1-3H3. The van der Waals surface area contributed by atoms with E-state index in [2.05, 4.69) is 10.8 Å². The third-order valence-electron chi connectivity index (χ3n) is 2.69. The Morgan fingerprint density at radius 3 is 2.62 bits per heavy atom. The number of esters is 1. The zero-order valence-electron chi connectivity index (χ0n) is 9.83. The van der Waals surface area contributed by atoms with Crippen molar-refractivity contribution in [3.05, 3.63) is 34.4 Å². The minimum atomic E-state index is -0.270. The first kappa shape index (κ1) is 12.3. The summed E-state index contributed by atoms with van der Waals surface area (Å²) < 4.78 is 4.66. The lowest BCUT2D eigenvalue weighted by molar-refractivity contribution is -0.139. The van der Waals surface area contributed by atoms with Crippen LogP contribution >= 0.6 is 0 Å². The summed E-state index contributed by atoms with van der Waals surface area (Å²) in [6.07, 6.45) is 0.984. The number of benzene rings is 1. The number of methoxy groups -OCH3 is 1. The van der Waals surface area contributed by atoms with Crippen LogP contribution in [-0.2, 0) is 22.4 Å². The fraction of sp³-hybridized carbons (Fsp3) is 0.385. The summed E-state index contributed by atoms with van der Waals surface area (Å²) in [4.78, 5) is 11.3. The molecule has 3 nitrogen and oxygen atoms in total. The minimum absolute atomic E-state index is 0.237. The number of nitriles is 1. The predicted molar refractivity (Wildman–Crippen MR) is 61.0 cm³/mol. The first-order valence-corrected chi connectivity index (χ1v) is 5.22. The number of carbonyl (C=O) groups excluding carboxylic acids is 1. The van der Waals surface area contributed by atoms with Crippen LogP contribution in [0, 0.1) is 18.3 Å². The molecule has 0 aromatic heterocycles. The zero-order chi connectivity index (χ0) is 12.1. The van der Waals surface area contributed by atoms with E-state index in [1.54, 1.807) is 6.07 Å². The molecule has 3 heteroatoms. The number of rotatable bonds is 3. The van der Waals surface area contributed by atoms with Crippen LogP contribution in [0.5, 0.6) is 0 Å². The Bertz CT molecular complexity index is 444. The van der Waals surface area contributed by atoms with Crippen molar-refractivity contribution in [2.24, 2.45) is 0 Å². The molecule has 0 bridgehead atoms. The Labute approximate surface area is 95.7 Å². The van der Waals surface area contributed by atoms with Crippen molar-refractivity contribution in [3.8, 4) is 6.07 Å². The monoisotopic (exact) mass is 217 g/mol. The maximum absolute atomic E-state index is 11.3. The van der Waals surface area contributed by atoms with Crippen LogP contribution in [0.15, 0.2) is 12.1 Å². The molecule has 0 N–H and O–H groups in total. The van der Waals surface area contributed by atoms with Crippen LogP contribution in [0.25, 0.3) is 0 Å². The smallest absolute Gasteiger partial charge is 0.309 e. The normalized spacial score (nSPS) is 9.62. The van der Waals surface area contributed by atoms with Gasteiger partial charge in [0.05, 0.1) is 25.2 Å². The van der Waals surface area contributed by atoms with Crippen molar-refractivity contribution in [1.82, 2.24) is 0 Å². The van der Waals surface area contributed by atoms with Gasteiger partial charge in [0.15, 0.2) is 0 Å². The Balaban J connectivity index is 3.24. The van der Waals surface area contributed by atoms with E-state index in [1.807, 2.05) is 19.9 Å². The number of aryl methyl sites for hydroxylation is 1. The van der Waals surface area contributed by atoms with Gasteiger partial charge in [-0.2, -0.15) is 5.26 Å². The molecule has 16 heavy (non-hydrogen) atoms. The lowest BCUT2D eigenvalue weighted by Crippen LogP contribution is -2.09. The second kappa shape index (κ2) is 5.32. The molecular formula is C13H15NO2. The van der Waals surface area contributed by atoms with Gasteiger partial charge in [-0.05, 0) is 36.1 Å². The van der Waals surface area contributed by atoms with Crippen molar-refractivity contribution in [2.75, 3.05) is 7.11 Å². The topological polar surface area (TPSA) is 50.1 Å². The fourth-order valence-electron chi connectivity index (χ4n) is 1.78. The SMILES string of the molecule is CCc1c(C#N)ccc(C)c1CC(=O)OC. The summed E-state index contributed by atoms with van der Waals surface area (Å²) in [5, 5.41) is 8.99. The highest BCUT2D eigenvalue weighted by molar-refractivity contribution is 5.74. The second-order valence-corrected chi connectivity index (χ2v) is 3.61. The highest BCUT2D eigenvalue weighted by atomic mass is 16.5. The number of hydrogen-bond acceptors (Lipinski definition) is 3. The quantitative estimate of drug-likeness (QED) is 0.729. The molecule has 1 aromatic rings. The first-order chi connectivity index (χ1) is 7.63. The first-order valence-electron chi connectivity index (χ1n) is 5.22. The summed E-state index contributed by atoms with van der Waals surface area (Å²) in [5.41, 5.74) is 3.55. The summed E-state index contributed by atoms with van der Waals surface area (Å²) >= 11 is 0. The average Bonchev–Trinajstić information content (AvgIpc) is 2.31. The summed E-state index contributed by atoms with van der Waals surface area (Å²) in [5.74, 6) is -0.270. The Kier molecular flexibility index (Phi) is 4.07. The van der Waals surface area contributed by atoms with Crippen molar-refractivity contribution >= 4 is 5.97 Å². The molecule has 0 atom stereocenters. The van der Waals surface area contributed by atoms with Crippen LogP contribution in [-0.4, -0.2) is 13.1 Å². The molecule has 84 valence electrons. The van der Waals surface area contributed by atoms with E-state index in [1.165, 1.54) is 7.11 Å². The highest BCUT2D eigenvalue weighted by Gasteiger charge is 2.13. The van der Waals surface area contributed by atoms with Gasteiger partial charge in [-0.3, -0.25) is 4.79 Å². The second-order valence-electron chi connectivity index (χ2n) is 3.61. The van der Waals surface area contributed by atoms with Crippen molar-refractivity contribution in [2.45, 2.75) is 26.7 Å². The van der Waals surface area contributed by atoms with E-state index >= 15 is 0 Å². The van der Waals surface area contributed by atoms with Gasteiger partial charge >= 0.3 is 5.97 Å². The van der Waals surface area contributed by atoms with Gasteiger partial charge in [0.2, 0.25) is 0 Å². The van der Waals surface area contributed by atoms with Gasteiger partial charge in [-0.1, -0.05) is 13.0 Å². The number of nitrogens with zero attached hydrogens (tertiary/aromatic N) is 1. The van der Waals surface area contributed by atoms with E-state index in [4.69, 9.17) is 5.26 Å². The summed E-state index contributed by atoms with van der Waals surface area (Å²) in [7, 11) is 1.37. The van der Waals surface area contributed by atoms with Crippen LogP contribution in [0.2, 0.25) is 0 Å². The molecule has 0 spiro atoms. The molecule has 0 amide bonds. The molecule has 1 aromatic carbocycles. The molecule has 1 rings (SSSR count). The Morgan fingerprint density at radius 2 is 2.12 bits per heavy atom. The summed E-state index contributed by atoms with van der Waals surface area (Å²) in [6.45, 7) is 3.93. The van der Waals surface area contributed by atoms with Crippen LogP contribution in [0.4, 0.5) is 0 Å². The van der Waals surface area contributed by atoms with Crippen LogP contribution in [0.3, 0.4) is 0 Å². The van der Waals surface area contributed by atoms with E-state index in [0.717, 1.165) is 23.1 Å². The highest BCUT2D eigenvalue weighted by Crippen LogP contribution is 2.20. The predicted octanol–water partition coefficient (Wildman–Crippen LogP) is 2.14. The Hall–Kier alpha value is -1.82. The lowest BCUT2D eigenvalue weighted by atomic mass is 9.93. The van der Waals surface area contributed by atoms with Crippen LogP contribution in [0.1, 0.15) is 29.2 Å². The average molecular weight is 217 g/mol. The van der Waals surface area contributed by atoms with Crippen LogP contribution < -0.4 is 0 Å². The Morgan fingerprint density at radius 1 is 1.44 bits per heavy atom. The van der Waals surface area contributed by atoms with Gasteiger partial charge in [-0.25, -0.2) is 0 Å². The van der Waals surface area contributed by atoms with E-state index in [0.29, 0.717) is 5.56 Å². The maximum Gasteiger partial charge on any atom is 0.309 e. The van der Waals surface area contributed by atoms with Gasteiger partial charge in [0, 0.05) is 0 Å². The molecular weight excluding hydrogens is 202 g/mol. The van der Waals surface area contributed by atoms with E-state index in [9.17, 15) is 4.79 Å². The molecule has 0 heterocycles. The fourth-order valence-corrected chi connectivity index (χ4v) is 1.78. The molecule has 0 aliphatic carbocycles. The van der Waals surface area contributed by atoms with Gasteiger partial charge in [-0.15, -0.1) is 0 Å². The minimum Gasteiger partial charge on any atom is -0.469 e. The molecule has 0 aliphatic heterocycles. The van der Waals surface area contributed by atoms with Gasteiger partial charge in [0.25, 0.3) is 0 Å². The zero-order valence-corrected chi connectivity index (χ0v) is 9.83. The molecule has 0 saturated heterocycles. The van der Waals surface area contributed by atoms with Crippen molar-refractivity contribution in [3.63, 3.8) is 0 Å². The summed E-state index contributed by atoms with van der Waals surface area (Å²) in [6, 6.07) is 5.82. The number of ether oxygens (including phenoxy) is 1. The number of carbonyl (C=O) groups is 1. The maximum atomic E-state index is 11.3. The van der Waals surface area contributed by atoms with Crippen molar-refractivity contribution < 1.29 is 9.53 Å². The van der Waals surface area contributed by atoms with Gasteiger partial charge < -0.3 is 4.74 Å². The molecule has 0 fully saturated rings. The lowest BCUT2D eigenvalue weighted by Gasteiger charge is -2.11.